The average Bonchev–Trinajstić information content (AvgIpc) is 2.99. The number of nitrogens with one attached hydrogen (secondary N) is 1. The molecule has 21 heavy (non-hydrogen) atoms. The second-order valence-corrected chi connectivity index (χ2v) is 4.59. The highest BCUT2D eigenvalue weighted by atomic mass is 35.5. The SMILES string of the molecule is CCCC(N)C(=O)NCc1ccnc(-n2cccn2)c1.Cl. The van der Waals surface area contributed by atoms with Crippen LogP contribution in [0.15, 0.2) is 36.8 Å². The molecule has 1 atom stereocenters. The van der Waals surface area contributed by atoms with E-state index in [1.165, 1.54) is 0 Å². The molecular weight excluding hydrogens is 290 g/mol. The third-order valence-electron chi connectivity index (χ3n) is 2.95. The first-order chi connectivity index (χ1) is 9.70. The van der Waals surface area contributed by atoms with E-state index in [-0.39, 0.29) is 18.3 Å². The maximum Gasteiger partial charge on any atom is 0.237 e. The zero-order chi connectivity index (χ0) is 14.4. The maximum atomic E-state index is 11.8. The van der Waals surface area contributed by atoms with Crippen molar-refractivity contribution >= 4 is 18.3 Å². The smallest absolute Gasteiger partial charge is 0.237 e. The Balaban J connectivity index is 0.00000220. The number of carbonyl (C=O) groups excluding carboxylic acids is 1. The molecule has 0 aromatic carbocycles. The van der Waals surface area contributed by atoms with Crippen molar-refractivity contribution < 1.29 is 4.79 Å². The Bertz CT molecular complexity index is 558. The number of carbonyl (C=O) groups is 1. The minimum Gasteiger partial charge on any atom is -0.351 e. The van der Waals surface area contributed by atoms with E-state index in [1.54, 1.807) is 17.1 Å². The fourth-order valence-corrected chi connectivity index (χ4v) is 1.86. The van der Waals surface area contributed by atoms with E-state index in [0.29, 0.717) is 13.0 Å². The lowest BCUT2D eigenvalue weighted by Crippen LogP contribution is -2.40. The van der Waals surface area contributed by atoms with Crippen molar-refractivity contribution in [2.24, 2.45) is 5.73 Å². The van der Waals surface area contributed by atoms with E-state index in [1.807, 2.05) is 31.3 Å². The van der Waals surface area contributed by atoms with Crippen LogP contribution in [0.1, 0.15) is 25.3 Å². The lowest BCUT2D eigenvalue weighted by Gasteiger charge is -2.11. The van der Waals surface area contributed by atoms with E-state index in [9.17, 15) is 4.79 Å². The third kappa shape index (κ3) is 4.84. The van der Waals surface area contributed by atoms with E-state index >= 15 is 0 Å². The van der Waals surface area contributed by atoms with Crippen LogP contribution in [0.5, 0.6) is 0 Å². The monoisotopic (exact) mass is 309 g/mol. The predicted octanol–water partition coefficient (Wildman–Crippen LogP) is 1.43. The van der Waals surface area contributed by atoms with Crippen molar-refractivity contribution in [3.05, 3.63) is 42.4 Å². The lowest BCUT2D eigenvalue weighted by atomic mass is 10.1. The molecule has 2 aromatic rings. The van der Waals surface area contributed by atoms with Gasteiger partial charge < -0.3 is 11.1 Å². The molecule has 0 fully saturated rings. The topological polar surface area (TPSA) is 85.8 Å². The van der Waals surface area contributed by atoms with Gasteiger partial charge in [-0.25, -0.2) is 9.67 Å². The standard InChI is InChI=1S/C14H19N5O.ClH/c1-2-4-12(15)14(20)17-10-11-5-7-16-13(9-11)19-8-3-6-18-19;/h3,5-9,12H,2,4,10,15H2,1H3,(H,17,20);1H. The van der Waals surface area contributed by atoms with Crippen LogP contribution in [0.4, 0.5) is 0 Å². The molecule has 3 N–H and O–H groups in total. The molecular formula is C14H20ClN5O. The summed E-state index contributed by atoms with van der Waals surface area (Å²) in [5.74, 6) is 0.601. The molecule has 0 aliphatic heterocycles. The van der Waals surface area contributed by atoms with Crippen molar-refractivity contribution in [3.8, 4) is 5.82 Å². The third-order valence-corrected chi connectivity index (χ3v) is 2.95. The molecule has 0 saturated carbocycles. The summed E-state index contributed by atoms with van der Waals surface area (Å²) >= 11 is 0. The number of pyridine rings is 1. The Labute approximate surface area is 130 Å². The molecule has 0 aliphatic carbocycles. The number of hydrogen-bond acceptors (Lipinski definition) is 4. The quantitative estimate of drug-likeness (QED) is 0.845. The zero-order valence-corrected chi connectivity index (χ0v) is 12.7. The second-order valence-electron chi connectivity index (χ2n) is 4.59. The summed E-state index contributed by atoms with van der Waals surface area (Å²) in [6.07, 6.45) is 6.81. The van der Waals surface area contributed by atoms with Crippen LogP contribution in [0.3, 0.4) is 0 Å². The van der Waals surface area contributed by atoms with E-state index in [2.05, 4.69) is 15.4 Å². The summed E-state index contributed by atoms with van der Waals surface area (Å²) in [6, 6.07) is 5.14. The molecule has 2 rings (SSSR count). The van der Waals surface area contributed by atoms with Crippen LogP contribution < -0.4 is 11.1 Å². The van der Waals surface area contributed by atoms with E-state index in [0.717, 1.165) is 17.8 Å². The molecule has 2 aromatic heterocycles. The number of aromatic nitrogens is 3. The Hall–Kier alpha value is -1.92. The van der Waals surface area contributed by atoms with Crippen LogP contribution in [-0.2, 0) is 11.3 Å². The van der Waals surface area contributed by atoms with Gasteiger partial charge >= 0.3 is 0 Å². The minimum atomic E-state index is -0.438. The van der Waals surface area contributed by atoms with Gasteiger partial charge in [-0.15, -0.1) is 12.4 Å². The Morgan fingerprint density at radius 1 is 1.48 bits per heavy atom. The number of nitrogens with zero attached hydrogens (tertiary/aromatic N) is 3. The highest BCUT2D eigenvalue weighted by molar-refractivity contribution is 5.85. The van der Waals surface area contributed by atoms with Gasteiger partial charge in [0.25, 0.3) is 0 Å². The molecule has 0 bridgehead atoms. The molecule has 0 spiro atoms. The first-order valence-electron chi connectivity index (χ1n) is 6.69. The Morgan fingerprint density at radius 3 is 2.95 bits per heavy atom. The highest BCUT2D eigenvalue weighted by Crippen LogP contribution is 2.06. The summed E-state index contributed by atoms with van der Waals surface area (Å²) in [5.41, 5.74) is 6.72. The number of hydrogen-bond donors (Lipinski definition) is 2. The van der Waals surface area contributed by atoms with E-state index < -0.39 is 6.04 Å². The largest absolute Gasteiger partial charge is 0.351 e. The normalized spacial score (nSPS) is 11.5. The van der Waals surface area contributed by atoms with Crippen molar-refractivity contribution in [1.29, 1.82) is 0 Å². The van der Waals surface area contributed by atoms with Crippen LogP contribution >= 0.6 is 12.4 Å². The lowest BCUT2D eigenvalue weighted by molar-refractivity contribution is -0.122. The Kier molecular flexibility index (Phi) is 6.84. The van der Waals surface area contributed by atoms with Crippen molar-refractivity contribution in [1.82, 2.24) is 20.1 Å². The highest BCUT2D eigenvalue weighted by Gasteiger charge is 2.11. The fourth-order valence-electron chi connectivity index (χ4n) is 1.86. The van der Waals surface area contributed by atoms with Gasteiger partial charge in [-0.1, -0.05) is 13.3 Å². The van der Waals surface area contributed by atoms with Gasteiger partial charge in [0.05, 0.1) is 6.04 Å². The van der Waals surface area contributed by atoms with Gasteiger partial charge in [-0.3, -0.25) is 4.79 Å². The van der Waals surface area contributed by atoms with Gasteiger partial charge in [-0.2, -0.15) is 5.10 Å². The minimum absolute atomic E-state index is 0. The summed E-state index contributed by atoms with van der Waals surface area (Å²) in [6.45, 7) is 2.44. The maximum absolute atomic E-state index is 11.8. The van der Waals surface area contributed by atoms with Crippen LogP contribution in [0, 0.1) is 0 Å². The number of rotatable bonds is 6. The number of nitrogens with two attached hydrogens (primary N) is 1. The first-order valence-corrected chi connectivity index (χ1v) is 6.69. The van der Waals surface area contributed by atoms with E-state index in [4.69, 9.17) is 5.73 Å². The second kappa shape index (κ2) is 8.39. The molecule has 2 heterocycles. The molecule has 0 saturated heterocycles. The molecule has 0 aliphatic rings. The van der Waals surface area contributed by atoms with Crippen molar-refractivity contribution in [2.45, 2.75) is 32.4 Å². The van der Waals surface area contributed by atoms with Crippen LogP contribution in [0.25, 0.3) is 5.82 Å². The zero-order valence-electron chi connectivity index (χ0n) is 11.9. The van der Waals surface area contributed by atoms with Gasteiger partial charge in [0.2, 0.25) is 5.91 Å². The molecule has 0 radical (unpaired) electrons. The summed E-state index contributed by atoms with van der Waals surface area (Å²) in [5, 5.41) is 6.96. The number of halogens is 1. The Morgan fingerprint density at radius 2 is 2.29 bits per heavy atom. The summed E-state index contributed by atoms with van der Waals surface area (Å²) in [4.78, 5) is 16.0. The molecule has 1 unspecified atom stereocenters. The summed E-state index contributed by atoms with van der Waals surface area (Å²) in [7, 11) is 0. The molecule has 6 nitrogen and oxygen atoms in total. The van der Waals surface area contributed by atoms with Gasteiger partial charge in [0.15, 0.2) is 5.82 Å². The number of amides is 1. The van der Waals surface area contributed by atoms with Gasteiger partial charge in [-0.05, 0) is 30.2 Å². The first kappa shape index (κ1) is 17.1. The molecule has 1 amide bonds. The van der Waals surface area contributed by atoms with Gasteiger partial charge in [0.1, 0.15) is 0 Å². The van der Waals surface area contributed by atoms with Crippen LogP contribution in [0.2, 0.25) is 0 Å². The van der Waals surface area contributed by atoms with Gasteiger partial charge in [0, 0.05) is 25.1 Å². The molecule has 7 heteroatoms. The summed E-state index contributed by atoms with van der Waals surface area (Å²) < 4.78 is 1.67. The van der Waals surface area contributed by atoms with Crippen molar-refractivity contribution in [2.75, 3.05) is 0 Å². The average molecular weight is 310 g/mol. The molecule has 114 valence electrons. The predicted molar refractivity (Wildman–Crippen MR) is 83.3 cm³/mol. The van der Waals surface area contributed by atoms with Crippen LogP contribution in [-0.4, -0.2) is 26.7 Å². The van der Waals surface area contributed by atoms with Crippen molar-refractivity contribution in [3.63, 3.8) is 0 Å². The fraction of sp³-hybridized carbons (Fsp3) is 0.357.